The molecular formula is C28H27ClN2O4S. The number of amidine groups is 1. The number of nitrogens with zero attached hydrogens (tertiary/aromatic N) is 1. The van der Waals surface area contributed by atoms with Crippen LogP contribution in [0.4, 0.5) is 5.69 Å². The number of aliphatic imine (C=N–C) groups is 1. The minimum absolute atomic E-state index is 0.114. The van der Waals surface area contributed by atoms with E-state index in [9.17, 15) is 9.59 Å². The third-order valence-electron chi connectivity index (χ3n) is 7.88. The predicted octanol–water partition coefficient (Wildman–Crippen LogP) is 6.36. The highest BCUT2D eigenvalue weighted by Crippen LogP contribution is 2.60. The Morgan fingerprint density at radius 1 is 1.08 bits per heavy atom. The molecule has 5 fully saturated rings. The van der Waals surface area contributed by atoms with Gasteiger partial charge < -0.3 is 14.8 Å². The lowest BCUT2D eigenvalue weighted by Gasteiger charge is -2.55. The van der Waals surface area contributed by atoms with Crippen molar-refractivity contribution in [2.45, 2.75) is 38.5 Å². The molecule has 4 bridgehead atoms. The molecule has 1 amide bonds. The van der Waals surface area contributed by atoms with Crippen LogP contribution in [0.2, 0.25) is 5.02 Å². The highest BCUT2D eigenvalue weighted by Gasteiger charge is 2.55. The number of hydrogen-bond donors (Lipinski definition) is 1. The predicted molar refractivity (Wildman–Crippen MR) is 141 cm³/mol. The van der Waals surface area contributed by atoms with E-state index >= 15 is 0 Å². The Bertz CT molecular complexity index is 1270. The second-order valence-corrected chi connectivity index (χ2v) is 11.9. The Morgan fingerprint density at radius 3 is 2.44 bits per heavy atom. The Labute approximate surface area is 219 Å². The fourth-order valence-corrected chi connectivity index (χ4v) is 7.72. The minimum atomic E-state index is -0.337. The van der Waals surface area contributed by atoms with Gasteiger partial charge in [-0.3, -0.25) is 9.59 Å². The van der Waals surface area contributed by atoms with Crippen molar-refractivity contribution >= 4 is 52.2 Å². The monoisotopic (exact) mass is 522 g/mol. The molecule has 1 N–H and O–H groups in total. The quantitative estimate of drug-likeness (QED) is 0.281. The van der Waals surface area contributed by atoms with E-state index in [4.69, 9.17) is 21.1 Å². The topological polar surface area (TPSA) is 77.0 Å². The Balaban J connectivity index is 1.19. The van der Waals surface area contributed by atoms with Crippen LogP contribution in [0.3, 0.4) is 0 Å². The summed E-state index contributed by atoms with van der Waals surface area (Å²) >= 11 is 7.43. The van der Waals surface area contributed by atoms with E-state index in [-0.39, 0.29) is 17.3 Å². The maximum atomic E-state index is 13.4. The Kier molecular flexibility index (Phi) is 6.08. The lowest BCUT2D eigenvalue weighted by atomic mass is 9.49. The van der Waals surface area contributed by atoms with Crippen LogP contribution in [-0.2, 0) is 9.59 Å². The molecule has 0 atom stereocenters. The average molecular weight is 523 g/mol. The van der Waals surface area contributed by atoms with E-state index in [1.165, 1.54) is 31.0 Å². The summed E-state index contributed by atoms with van der Waals surface area (Å²) < 4.78 is 11.5. The number of ether oxygens (including phenoxy) is 2. The number of esters is 1. The SMILES string of the molecule is COc1cc(/C=C2\SC(=Nc3ccccc3Cl)NC2=O)ccc1OC(=O)C12CC3CC(CC(C3)C1)C2. The van der Waals surface area contributed by atoms with Gasteiger partial charge in [0.1, 0.15) is 0 Å². The number of amides is 1. The van der Waals surface area contributed by atoms with Crippen LogP contribution in [-0.4, -0.2) is 24.2 Å². The molecule has 2 aromatic carbocycles. The highest BCUT2D eigenvalue weighted by molar-refractivity contribution is 8.18. The van der Waals surface area contributed by atoms with Gasteiger partial charge in [0.2, 0.25) is 0 Å². The molecule has 6 nitrogen and oxygen atoms in total. The normalized spacial score (nSPS) is 30.6. The molecular weight excluding hydrogens is 496 g/mol. The second-order valence-electron chi connectivity index (χ2n) is 10.4. The van der Waals surface area contributed by atoms with Crippen LogP contribution in [0.1, 0.15) is 44.1 Å². The molecule has 4 saturated carbocycles. The molecule has 4 aliphatic carbocycles. The van der Waals surface area contributed by atoms with Crippen molar-refractivity contribution in [3.8, 4) is 11.5 Å². The molecule has 0 unspecified atom stereocenters. The number of carbonyl (C=O) groups excluding carboxylic acids is 2. The Hall–Kier alpha value is -2.77. The number of methoxy groups -OCH3 is 1. The summed E-state index contributed by atoms with van der Waals surface area (Å²) in [5.41, 5.74) is 1.02. The largest absolute Gasteiger partial charge is 0.493 e. The number of halogens is 1. The molecule has 2 aromatic rings. The third kappa shape index (κ3) is 4.43. The molecule has 36 heavy (non-hydrogen) atoms. The van der Waals surface area contributed by atoms with Gasteiger partial charge in [0.15, 0.2) is 16.7 Å². The highest BCUT2D eigenvalue weighted by atomic mass is 35.5. The standard InChI is InChI=1S/C28H27ClN2O4S/c1-34-23-11-16(12-24-25(32)31-27(36-24)30-21-5-3-2-4-20(21)29)6-7-22(23)35-26(33)28-13-17-8-18(14-28)10-19(9-17)15-28/h2-7,11-12,17-19H,8-10,13-15H2,1H3,(H,30,31,32)/b24-12-. The number of hydrogen-bond acceptors (Lipinski definition) is 6. The van der Waals surface area contributed by atoms with E-state index < -0.39 is 0 Å². The van der Waals surface area contributed by atoms with Crippen molar-refractivity contribution in [2.24, 2.45) is 28.2 Å². The van der Waals surface area contributed by atoms with Gasteiger partial charge in [-0.2, -0.15) is 0 Å². The number of benzene rings is 2. The molecule has 8 heteroatoms. The summed E-state index contributed by atoms with van der Waals surface area (Å²) in [6, 6.07) is 12.6. The fraction of sp³-hybridized carbons (Fsp3) is 0.393. The summed E-state index contributed by atoms with van der Waals surface area (Å²) in [6.07, 6.45) is 8.45. The molecule has 0 radical (unpaired) electrons. The first-order valence-corrected chi connectivity index (χ1v) is 13.5. The van der Waals surface area contributed by atoms with Gasteiger partial charge in [-0.25, -0.2) is 4.99 Å². The van der Waals surface area contributed by atoms with Crippen LogP contribution in [0.25, 0.3) is 6.08 Å². The zero-order valence-electron chi connectivity index (χ0n) is 20.0. The van der Waals surface area contributed by atoms with E-state index in [1.54, 1.807) is 37.5 Å². The zero-order chi connectivity index (χ0) is 24.9. The first-order chi connectivity index (χ1) is 17.4. The minimum Gasteiger partial charge on any atom is -0.493 e. The maximum absolute atomic E-state index is 13.4. The Morgan fingerprint density at radius 2 is 1.78 bits per heavy atom. The van der Waals surface area contributed by atoms with Gasteiger partial charge in [0.05, 0.1) is 28.1 Å². The van der Waals surface area contributed by atoms with Crippen molar-refractivity contribution in [3.05, 3.63) is 58.0 Å². The second kappa shape index (κ2) is 9.27. The fourth-order valence-electron chi connectivity index (χ4n) is 6.71. The first kappa shape index (κ1) is 23.6. The van der Waals surface area contributed by atoms with E-state index in [2.05, 4.69) is 10.3 Å². The number of carbonyl (C=O) groups is 2. The van der Waals surface area contributed by atoms with Crippen molar-refractivity contribution in [1.82, 2.24) is 5.32 Å². The lowest BCUT2D eigenvalue weighted by Crippen LogP contribution is -2.51. The summed E-state index contributed by atoms with van der Waals surface area (Å²) in [6.45, 7) is 0. The van der Waals surface area contributed by atoms with Crippen LogP contribution < -0.4 is 14.8 Å². The number of rotatable bonds is 5. The molecule has 0 spiro atoms. The summed E-state index contributed by atoms with van der Waals surface area (Å²) in [4.78, 5) is 30.9. The van der Waals surface area contributed by atoms with E-state index in [0.717, 1.165) is 24.8 Å². The van der Waals surface area contributed by atoms with Crippen LogP contribution in [0, 0.1) is 23.2 Å². The first-order valence-electron chi connectivity index (χ1n) is 12.4. The third-order valence-corrected chi connectivity index (χ3v) is 9.11. The number of nitrogens with one attached hydrogen (secondary N) is 1. The van der Waals surface area contributed by atoms with Gasteiger partial charge in [-0.15, -0.1) is 0 Å². The smallest absolute Gasteiger partial charge is 0.317 e. The van der Waals surface area contributed by atoms with Gasteiger partial charge in [0, 0.05) is 0 Å². The molecule has 186 valence electrons. The molecule has 1 heterocycles. The zero-order valence-corrected chi connectivity index (χ0v) is 21.5. The van der Waals surface area contributed by atoms with Crippen molar-refractivity contribution in [3.63, 3.8) is 0 Å². The van der Waals surface area contributed by atoms with Crippen molar-refractivity contribution in [2.75, 3.05) is 7.11 Å². The van der Waals surface area contributed by atoms with Crippen molar-refractivity contribution < 1.29 is 19.1 Å². The molecule has 5 aliphatic rings. The van der Waals surface area contributed by atoms with Crippen LogP contribution in [0.15, 0.2) is 52.4 Å². The van der Waals surface area contributed by atoms with Gasteiger partial charge >= 0.3 is 5.97 Å². The average Bonchev–Trinajstić information content (AvgIpc) is 3.19. The molecule has 1 saturated heterocycles. The summed E-state index contributed by atoms with van der Waals surface area (Å²) in [7, 11) is 1.56. The van der Waals surface area contributed by atoms with Crippen LogP contribution in [0.5, 0.6) is 11.5 Å². The van der Waals surface area contributed by atoms with Crippen molar-refractivity contribution in [1.29, 1.82) is 0 Å². The van der Waals surface area contributed by atoms with Crippen LogP contribution >= 0.6 is 23.4 Å². The van der Waals surface area contributed by atoms with E-state index in [0.29, 0.717) is 50.0 Å². The van der Waals surface area contributed by atoms with E-state index in [1.807, 2.05) is 18.2 Å². The summed E-state index contributed by atoms with van der Waals surface area (Å²) in [5.74, 6) is 2.54. The van der Waals surface area contributed by atoms with Gasteiger partial charge in [-0.05, 0) is 104 Å². The van der Waals surface area contributed by atoms with Gasteiger partial charge in [-0.1, -0.05) is 29.8 Å². The molecule has 1 aliphatic heterocycles. The molecule has 7 rings (SSSR count). The molecule has 0 aromatic heterocycles. The number of para-hydroxylation sites is 1. The lowest BCUT2D eigenvalue weighted by molar-refractivity contribution is -0.161. The summed E-state index contributed by atoms with van der Waals surface area (Å²) in [5, 5.41) is 3.76. The van der Waals surface area contributed by atoms with Gasteiger partial charge in [0.25, 0.3) is 5.91 Å². The maximum Gasteiger partial charge on any atom is 0.317 e. The number of thioether (sulfide) groups is 1.